The van der Waals surface area contributed by atoms with Crippen molar-refractivity contribution in [1.29, 1.82) is 0 Å². The van der Waals surface area contributed by atoms with Crippen LogP contribution in [0, 0.1) is 5.41 Å². The molecule has 1 N–H and O–H groups in total. The molecule has 1 spiro atoms. The minimum atomic E-state index is -0.464. The number of amides is 2. The van der Waals surface area contributed by atoms with Crippen molar-refractivity contribution in [2.24, 2.45) is 5.41 Å². The molecule has 0 saturated carbocycles. The third kappa shape index (κ3) is 4.18. The summed E-state index contributed by atoms with van der Waals surface area (Å²) >= 11 is 0. The third-order valence-electron chi connectivity index (χ3n) is 5.76. The summed E-state index contributed by atoms with van der Waals surface area (Å²) in [6.45, 7) is 4.05. The number of methoxy groups -OCH3 is 1. The van der Waals surface area contributed by atoms with E-state index in [1.807, 2.05) is 29.2 Å². The predicted octanol–water partition coefficient (Wildman–Crippen LogP) is 1.46. The number of carbonyl (C=O) groups is 2. The van der Waals surface area contributed by atoms with Crippen LogP contribution in [0.3, 0.4) is 0 Å². The maximum atomic E-state index is 12.6. The fraction of sp³-hybridized carbons (Fsp3) is 0.600. The third-order valence-corrected chi connectivity index (χ3v) is 5.76. The highest BCUT2D eigenvalue weighted by Gasteiger charge is 2.42. The van der Waals surface area contributed by atoms with Crippen LogP contribution in [0.4, 0.5) is 0 Å². The number of aliphatic hydroxyl groups excluding tert-OH is 1. The Morgan fingerprint density at radius 2 is 1.85 bits per heavy atom. The van der Waals surface area contributed by atoms with Crippen LogP contribution in [0.5, 0.6) is 5.75 Å². The zero-order valence-corrected chi connectivity index (χ0v) is 15.6. The van der Waals surface area contributed by atoms with Crippen molar-refractivity contribution < 1.29 is 19.4 Å². The second-order valence-electron chi connectivity index (χ2n) is 7.66. The smallest absolute Gasteiger partial charge is 0.226 e. The van der Waals surface area contributed by atoms with Gasteiger partial charge in [-0.25, -0.2) is 0 Å². The number of benzene rings is 1. The highest BCUT2D eigenvalue weighted by Crippen LogP contribution is 2.40. The van der Waals surface area contributed by atoms with Gasteiger partial charge in [0.15, 0.2) is 0 Å². The molecule has 1 aromatic carbocycles. The first-order valence-corrected chi connectivity index (χ1v) is 9.25. The number of hydrogen-bond donors (Lipinski definition) is 1. The van der Waals surface area contributed by atoms with Crippen molar-refractivity contribution >= 4 is 11.8 Å². The zero-order chi connectivity index (χ0) is 18.7. The van der Waals surface area contributed by atoms with Crippen molar-refractivity contribution in [2.45, 2.75) is 38.7 Å². The first-order valence-electron chi connectivity index (χ1n) is 9.25. The number of ether oxygens (including phenoxy) is 1. The Hall–Kier alpha value is -2.08. The molecule has 6 nitrogen and oxygen atoms in total. The van der Waals surface area contributed by atoms with E-state index in [1.54, 1.807) is 18.9 Å². The summed E-state index contributed by atoms with van der Waals surface area (Å²) in [7, 11) is 1.62. The van der Waals surface area contributed by atoms with E-state index >= 15 is 0 Å². The van der Waals surface area contributed by atoms with Gasteiger partial charge in [-0.3, -0.25) is 9.59 Å². The summed E-state index contributed by atoms with van der Waals surface area (Å²) in [5, 5.41) is 10.2. The van der Waals surface area contributed by atoms with Crippen LogP contribution < -0.4 is 4.74 Å². The Bertz CT molecular complexity index is 650. The first kappa shape index (κ1) is 18.7. The van der Waals surface area contributed by atoms with Crippen LogP contribution >= 0.6 is 0 Å². The van der Waals surface area contributed by atoms with Gasteiger partial charge in [-0.15, -0.1) is 0 Å². The highest BCUT2D eigenvalue weighted by molar-refractivity contribution is 5.79. The number of nitrogens with zero attached hydrogens (tertiary/aromatic N) is 2. The predicted molar refractivity (Wildman–Crippen MR) is 97.8 cm³/mol. The Labute approximate surface area is 154 Å². The van der Waals surface area contributed by atoms with E-state index in [0.717, 1.165) is 30.6 Å². The van der Waals surface area contributed by atoms with Crippen molar-refractivity contribution in [3.05, 3.63) is 29.8 Å². The molecule has 2 saturated heterocycles. The van der Waals surface area contributed by atoms with Gasteiger partial charge in [0.25, 0.3) is 0 Å². The summed E-state index contributed by atoms with van der Waals surface area (Å²) in [5.74, 6) is 0.929. The lowest BCUT2D eigenvalue weighted by Crippen LogP contribution is -2.55. The average molecular weight is 360 g/mol. The number of rotatable bonds is 3. The molecular formula is C20H28N2O4. The van der Waals surface area contributed by atoms with E-state index in [9.17, 15) is 14.7 Å². The van der Waals surface area contributed by atoms with E-state index in [1.165, 1.54) is 0 Å². The molecule has 6 heteroatoms. The van der Waals surface area contributed by atoms with Gasteiger partial charge in [0.1, 0.15) is 5.75 Å². The number of β-amino-alcohol motifs (C(OH)–C–C–N with tert-alkyl or cyclic N) is 1. The summed E-state index contributed by atoms with van der Waals surface area (Å²) in [6.07, 6.45) is 2.31. The van der Waals surface area contributed by atoms with E-state index in [4.69, 9.17) is 4.74 Å². The Morgan fingerprint density at radius 1 is 1.19 bits per heavy atom. The van der Waals surface area contributed by atoms with Crippen LogP contribution in [-0.2, 0) is 16.0 Å². The van der Waals surface area contributed by atoms with Crippen LogP contribution in [-0.4, -0.2) is 66.1 Å². The van der Waals surface area contributed by atoms with Crippen molar-refractivity contribution in [3.8, 4) is 5.75 Å². The lowest BCUT2D eigenvalue weighted by molar-refractivity contribution is -0.141. The van der Waals surface area contributed by atoms with Gasteiger partial charge >= 0.3 is 0 Å². The van der Waals surface area contributed by atoms with Crippen LogP contribution in [0.15, 0.2) is 24.3 Å². The molecule has 142 valence electrons. The molecule has 0 radical (unpaired) electrons. The van der Waals surface area contributed by atoms with Gasteiger partial charge in [-0.05, 0) is 42.4 Å². The van der Waals surface area contributed by atoms with Gasteiger partial charge < -0.3 is 19.6 Å². The molecule has 2 aliphatic rings. The largest absolute Gasteiger partial charge is 0.497 e. The number of carbonyl (C=O) groups excluding carboxylic acids is 2. The van der Waals surface area contributed by atoms with Crippen molar-refractivity contribution in [3.63, 3.8) is 0 Å². The van der Waals surface area contributed by atoms with Gasteiger partial charge in [-0.1, -0.05) is 12.1 Å². The molecule has 1 atom stereocenters. The molecule has 0 bridgehead atoms. The molecule has 2 heterocycles. The molecule has 0 aromatic heterocycles. The quantitative estimate of drug-likeness (QED) is 0.886. The lowest BCUT2D eigenvalue weighted by atomic mass is 9.71. The summed E-state index contributed by atoms with van der Waals surface area (Å²) < 4.78 is 5.14. The fourth-order valence-corrected chi connectivity index (χ4v) is 4.22. The zero-order valence-electron chi connectivity index (χ0n) is 15.6. The molecule has 1 aromatic rings. The molecule has 26 heavy (non-hydrogen) atoms. The van der Waals surface area contributed by atoms with Crippen molar-refractivity contribution in [2.75, 3.05) is 33.3 Å². The van der Waals surface area contributed by atoms with E-state index in [0.29, 0.717) is 32.6 Å². The highest BCUT2D eigenvalue weighted by atomic mass is 16.5. The second kappa shape index (κ2) is 7.66. The number of aliphatic hydroxyl groups is 1. The van der Waals surface area contributed by atoms with Gasteiger partial charge in [0.05, 0.1) is 19.6 Å². The minimum absolute atomic E-state index is 0.0149. The molecule has 2 amide bonds. The number of hydrogen-bond acceptors (Lipinski definition) is 4. The molecule has 1 unspecified atom stereocenters. The molecule has 0 aliphatic carbocycles. The Balaban J connectivity index is 1.57. The monoisotopic (exact) mass is 360 g/mol. The maximum absolute atomic E-state index is 12.6. The molecular weight excluding hydrogens is 332 g/mol. The average Bonchev–Trinajstić information content (AvgIpc) is 2.62. The molecule has 2 fully saturated rings. The van der Waals surface area contributed by atoms with Crippen molar-refractivity contribution in [1.82, 2.24) is 9.80 Å². The number of likely N-dealkylation sites (tertiary alicyclic amines) is 2. The SMILES string of the molecule is COc1ccc(CC(=O)N2CCC3(CC2)CC(O)CN(C(C)=O)C3)cc1. The lowest BCUT2D eigenvalue weighted by Gasteiger charge is -2.49. The van der Waals surface area contributed by atoms with Crippen LogP contribution in [0.2, 0.25) is 0 Å². The van der Waals surface area contributed by atoms with Gasteiger partial charge in [-0.2, -0.15) is 0 Å². The minimum Gasteiger partial charge on any atom is -0.497 e. The van der Waals surface area contributed by atoms with E-state index in [-0.39, 0.29) is 17.2 Å². The topological polar surface area (TPSA) is 70.1 Å². The van der Waals surface area contributed by atoms with E-state index < -0.39 is 6.10 Å². The maximum Gasteiger partial charge on any atom is 0.226 e. The summed E-state index contributed by atoms with van der Waals surface area (Å²) in [4.78, 5) is 28.0. The van der Waals surface area contributed by atoms with Gasteiger partial charge in [0.2, 0.25) is 11.8 Å². The van der Waals surface area contributed by atoms with E-state index in [2.05, 4.69) is 0 Å². The molecule has 2 aliphatic heterocycles. The second-order valence-corrected chi connectivity index (χ2v) is 7.66. The summed E-state index contributed by atoms with van der Waals surface area (Å²) in [5.41, 5.74) is 0.923. The Morgan fingerprint density at radius 3 is 2.42 bits per heavy atom. The molecule has 3 rings (SSSR count). The Kier molecular flexibility index (Phi) is 5.51. The van der Waals surface area contributed by atoms with Crippen LogP contribution in [0.1, 0.15) is 31.7 Å². The normalized spacial score (nSPS) is 22.3. The van der Waals surface area contributed by atoms with Gasteiger partial charge in [0, 0.05) is 33.1 Å². The van der Waals surface area contributed by atoms with Crippen LogP contribution in [0.25, 0.3) is 0 Å². The summed E-state index contributed by atoms with van der Waals surface area (Å²) in [6, 6.07) is 7.58. The first-order chi connectivity index (χ1) is 12.4. The standard InChI is InChI=1S/C20H28N2O4/c1-15(23)22-13-17(24)12-20(14-22)7-9-21(10-8-20)19(25)11-16-3-5-18(26-2)6-4-16/h3-6,17,24H,7-14H2,1-2H3. The number of piperidine rings is 2. The fourth-order valence-electron chi connectivity index (χ4n) is 4.22.